The van der Waals surface area contributed by atoms with Crippen molar-refractivity contribution in [2.75, 3.05) is 47.8 Å². The molecule has 0 radical (unpaired) electrons. The van der Waals surface area contributed by atoms with Gasteiger partial charge in [0.25, 0.3) is 0 Å². The standard InChI is InChI=1S/C31H24N2.C29H28N2.C26H22N2.C25H20N2/c1-32(25-21-19-24(20-22-25)23-11-3-2-4-12-23)30-17-9-10-18-31(30)33-28-15-7-5-13-26(28)27-14-6-8-16-29(27)33;1-29(2,3)21-17-19-22(20-18-21)30(4)27-15-9-10-16-28(27)31-25-13-7-5-11-23(25)24-12-6-8-14-26(24)31;1-19-15-17-20(18-16-19)27(2)25-13-7-8-14-26(25)28-23-11-5-3-9-21(23)22-10-4-6-12-24(22)28;1-26(19-11-3-2-4-12-19)24-17-9-10-18-25(24)27-22-15-7-5-13-20(22)21-14-6-8-16-23(21)27/h2-22H,1H3;5-20H,1-4H3;3-18H,1-2H3;2-18H,1H3. The highest BCUT2D eigenvalue weighted by molar-refractivity contribution is 6.13. The van der Waals surface area contributed by atoms with Crippen LogP contribution >= 0.6 is 0 Å². The van der Waals surface area contributed by atoms with Gasteiger partial charge in [0.15, 0.2) is 0 Å². The van der Waals surface area contributed by atoms with Crippen LogP contribution in [0.4, 0.5) is 45.5 Å². The highest BCUT2D eigenvalue weighted by Crippen LogP contribution is 2.44. The van der Waals surface area contributed by atoms with E-state index in [2.05, 4.69) is 518 Å². The predicted molar refractivity (Wildman–Crippen MR) is 510 cm³/mol. The third-order valence-electron chi connectivity index (χ3n) is 23.3. The lowest BCUT2D eigenvalue weighted by Gasteiger charge is -2.25. The number of fused-ring (bicyclic) bond motifs is 12. The Morgan fingerprint density at radius 3 is 0.639 bits per heavy atom. The molecule has 21 rings (SSSR count). The summed E-state index contributed by atoms with van der Waals surface area (Å²) in [6.45, 7) is 8.88. The molecule has 578 valence electrons. The van der Waals surface area contributed by atoms with Crippen molar-refractivity contribution in [1.82, 2.24) is 18.3 Å². The van der Waals surface area contributed by atoms with E-state index in [1.54, 1.807) is 0 Å². The summed E-state index contributed by atoms with van der Waals surface area (Å²) in [6.07, 6.45) is 0. The molecule has 0 spiro atoms. The molecule has 0 amide bonds. The van der Waals surface area contributed by atoms with Gasteiger partial charge in [-0.2, -0.15) is 0 Å². The normalized spacial score (nSPS) is 11.4. The summed E-state index contributed by atoms with van der Waals surface area (Å²) in [7, 11) is 8.56. The third kappa shape index (κ3) is 14.6. The van der Waals surface area contributed by atoms with E-state index in [0.29, 0.717) is 0 Å². The SMILES string of the molecule is CN(c1ccc(-c2ccccc2)cc1)c1ccccc1-n1c2ccccc2c2ccccc21.CN(c1ccc(C(C)(C)C)cc1)c1ccccc1-n1c2ccccc2c2ccccc21.CN(c1ccccc1)c1ccccc1-n1c2ccccc2c2ccccc21.Cc1ccc(N(C)c2ccccc2-n2c3ccccc3c3ccccc32)cc1. The van der Waals surface area contributed by atoms with Gasteiger partial charge in [0.1, 0.15) is 0 Å². The summed E-state index contributed by atoms with van der Waals surface area (Å²) in [5, 5.41) is 10.2. The first kappa shape index (κ1) is 75.5. The molecule has 0 saturated heterocycles. The molecule has 17 aromatic carbocycles. The van der Waals surface area contributed by atoms with Crippen LogP contribution in [0.2, 0.25) is 0 Å². The van der Waals surface area contributed by atoms with Crippen molar-refractivity contribution in [3.63, 3.8) is 0 Å². The van der Waals surface area contributed by atoms with Crippen molar-refractivity contribution in [1.29, 1.82) is 0 Å². The van der Waals surface area contributed by atoms with Crippen molar-refractivity contribution >= 4 is 133 Å². The summed E-state index contributed by atoms with van der Waals surface area (Å²) in [5.74, 6) is 0. The van der Waals surface area contributed by atoms with Crippen molar-refractivity contribution in [2.24, 2.45) is 0 Å². The summed E-state index contributed by atoms with van der Waals surface area (Å²) in [4.78, 5) is 9.07. The van der Waals surface area contributed by atoms with Crippen molar-refractivity contribution in [3.05, 3.63) is 436 Å². The summed E-state index contributed by atoms with van der Waals surface area (Å²) < 4.78 is 9.53. The molecule has 4 aromatic heterocycles. The molecule has 21 aromatic rings. The van der Waals surface area contributed by atoms with E-state index >= 15 is 0 Å². The number of aryl methyl sites for hydroxylation is 1. The first-order chi connectivity index (χ1) is 58.3. The van der Waals surface area contributed by atoms with E-state index in [9.17, 15) is 0 Å². The van der Waals surface area contributed by atoms with Gasteiger partial charge in [0.05, 0.1) is 89.6 Å². The van der Waals surface area contributed by atoms with Crippen molar-refractivity contribution in [3.8, 4) is 33.9 Å². The Balaban J connectivity index is 0.000000109. The fourth-order valence-corrected chi connectivity index (χ4v) is 17.1. The first-order valence-electron chi connectivity index (χ1n) is 41.0. The van der Waals surface area contributed by atoms with Gasteiger partial charge in [0.2, 0.25) is 0 Å². The fraction of sp³-hybridized carbons (Fsp3) is 0.0811. The molecule has 4 heterocycles. The minimum atomic E-state index is 0.151. The third-order valence-corrected chi connectivity index (χ3v) is 23.3. The zero-order valence-electron chi connectivity index (χ0n) is 68.5. The minimum absolute atomic E-state index is 0.151. The van der Waals surface area contributed by atoms with E-state index in [-0.39, 0.29) is 5.41 Å². The number of anilines is 8. The van der Waals surface area contributed by atoms with Crippen LogP contribution in [0.15, 0.2) is 425 Å². The smallest absolute Gasteiger partial charge is 0.0699 e. The molecule has 0 atom stereocenters. The van der Waals surface area contributed by atoms with Gasteiger partial charge >= 0.3 is 0 Å². The Morgan fingerprint density at radius 2 is 0.378 bits per heavy atom. The summed E-state index contributed by atoms with van der Waals surface area (Å²) >= 11 is 0. The molecule has 0 unspecified atom stereocenters. The van der Waals surface area contributed by atoms with Gasteiger partial charge in [0, 0.05) is 94.0 Å². The first-order valence-corrected chi connectivity index (χ1v) is 41.0. The number of benzene rings is 17. The Kier molecular flexibility index (Phi) is 20.8. The number of rotatable bonds is 13. The van der Waals surface area contributed by atoms with E-state index in [0.717, 1.165) is 11.4 Å². The highest BCUT2D eigenvalue weighted by atomic mass is 15.2. The maximum atomic E-state index is 2.39. The molecule has 0 aliphatic rings. The molecule has 0 saturated carbocycles. The number of hydrogen-bond acceptors (Lipinski definition) is 4. The lowest BCUT2D eigenvalue weighted by molar-refractivity contribution is 0.590. The predicted octanol–water partition coefficient (Wildman–Crippen LogP) is 29.5. The Bertz CT molecular complexity index is 6950. The van der Waals surface area contributed by atoms with E-state index in [4.69, 9.17) is 0 Å². The van der Waals surface area contributed by atoms with E-state index < -0.39 is 0 Å². The van der Waals surface area contributed by atoms with Crippen LogP contribution in [0, 0.1) is 6.92 Å². The molecule has 119 heavy (non-hydrogen) atoms. The van der Waals surface area contributed by atoms with Gasteiger partial charge in [-0.25, -0.2) is 0 Å². The van der Waals surface area contributed by atoms with Gasteiger partial charge in [-0.3, -0.25) is 0 Å². The van der Waals surface area contributed by atoms with Gasteiger partial charge in [-0.05, 0) is 175 Å². The number of para-hydroxylation sites is 17. The molecular weight excluding hydrogens is 1450 g/mol. The Morgan fingerprint density at radius 1 is 0.185 bits per heavy atom. The lowest BCUT2D eigenvalue weighted by Crippen LogP contribution is -2.14. The second kappa shape index (κ2) is 32.8. The zero-order chi connectivity index (χ0) is 81.1. The van der Waals surface area contributed by atoms with Crippen LogP contribution in [-0.2, 0) is 5.41 Å². The highest BCUT2D eigenvalue weighted by Gasteiger charge is 2.23. The largest absolute Gasteiger partial charge is 0.343 e. The van der Waals surface area contributed by atoms with E-state index in [1.807, 2.05) is 0 Å². The van der Waals surface area contributed by atoms with E-state index in [1.165, 1.54) is 166 Å². The maximum absolute atomic E-state index is 2.39. The maximum Gasteiger partial charge on any atom is 0.0699 e. The Hall–Kier alpha value is -14.9. The molecular formula is C111H94N8. The summed E-state index contributed by atoms with van der Waals surface area (Å²) in [6, 6.07) is 151. The minimum Gasteiger partial charge on any atom is -0.343 e. The molecule has 0 bridgehead atoms. The lowest BCUT2D eigenvalue weighted by atomic mass is 9.87. The van der Waals surface area contributed by atoms with Crippen LogP contribution in [0.25, 0.3) is 121 Å². The Labute approximate surface area is 697 Å². The van der Waals surface area contributed by atoms with Crippen LogP contribution in [-0.4, -0.2) is 46.5 Å². The molecule has 0 aliphatic carbocycles. The van der Waals surface area contributed by atoms with Gasteiger partial charge in [-0.15, -0.1) is 0 Å². The van der Waals surface area contributed by atoms with Gasteiger partial charge in [-0.1, -0.05) is 305 Å². The monoisotopic (exact) mass is 1540 g/mol. The second-order valence-electron chi connectivity index (χ2n) is 31.6. The topological polar surface area (TPSA) is 32.7 Å². The average molecular weight is 1540 g/mol. The van der Waals surface area contributed by atoms with Crippen LogP contribution in [0.3, 0.4) is 0 Å². The zero-order valence-corrected chi connectivity index (χ0v) is 68.5. The van der Waals surface area contributed by atoms with Crippen molar-refractivity contribution < 1.29 is 0 Å². The second-order valence-corrected chi connectivity index (χ2v) is 31.6. The molecule has 8 heteroatoms. The number of nitrogens with zero attached hydrogens (tertiary/aromatic N) is 8. The van der Waals surface area contributed by atoms with Crippen LogP contribution in [0.1, 0.15) is 31.9 Å². The fourth-order valence-electron chi connectivity index (χ4n) is 17.1. The molecule has 0 N–H and O–H groups in total. The van der Waals surface area contributed by atoms with Crippen LogP contribution < -0.4 is 19.6 Å². The molecule has 8 nitrogen and oxygen atoms in total. The van der Waals surface area contributed by atoms with Gasteiger partial charge < -0.3 is 37.9 Å². The molecule has 0 aliphatic heterocycles. The quantitative estimate of drug-likeness (QED) is 0.115. The van der Waals surface area contributed by atoms with Crippen molar-refractivity contribution in [2.45, 2.75) is 33.1 Å². The summed E-state index contributed by atoms with van der Waals surface area (Å²) in [5.41, 5.74) is 29.2. The van der Waals surface area contributed by atoms with Crippen LogP contribution in [0.5, 0.6) is 0 Å². The number of aromatic nitrogens is 4. The number of hydrogen-bond donors (Lipinski definition) is 0. The molecule has 0 fully saturated rings. The average Bonchev–Trinajstić information content (AvgIpc) is 1.60.